The van der Waals surface area contributed by atoms with E-state index >= 15 is 0 Å². The Hall–Kier alpha value is -1.70. The molecule has 2 fully saturated rings. The summed E-state index contributed by atoms with van der Waals surface area (Å²) < 4.78 is 7.78. The van der Waals surface area contributed by atoms with E-state index < -0.39 is 0 Å². The zero-order valence-electron chi connectivity index (χ0n) is 16.7. The summed E-state index contributed by atoms with van der Waals surface area (Å²) >= 11 is 6.17. The van der Waals surface area contributed by atoms with E-state index in [9.17, 15) is 0 Å². The van der Waals surface area contributed by atoms with Crippen molar-refractivity contribution in [1.29, 1.82) is 0 Å². The van der Waals surface area contributed by atoms with Gasteiger partial charge in [-0.25, -0.2) is 4.68 Å². The molecule has 1 aromatic carbocycles. The van der Waals surface area contributed by atoms with Gasteiger partial charge in [0.15, 0.2) is 6.04 Å². The van der Waals surface area contributed by atoms with Gasteiger partial charge in [-0.1, -0.05) is 31.5 Å². The molecule has 0 unspecified atom stereocenters. The molecule has 8 heteroatoms. The fraction of sp³-hybridized carbons (Fsp3) is 0.650. The van der Waals surface area contributed by atoms with Crippen LogP contribution >= 0.6 is 11.6 Å². The van der Waals surface area contributed by atoms with Gasteiger partial charge < -0.3 is 14.5 Å². The molecule has 3 heterocycles. The number of anilines is 1. The minimum absolute atomic E-state index is 0.240. The summed E-state index contributed by atoms with van der Waals surface area (Å²) in [6.45, 7) is 10.3. The molecule has 2 aromatic rings. The second kappa shape index (κ2) is 8.76. The maximum atomic E-state index is 6.17. The third kappa shape index (κ3) is 4.31. The zero-order chi connectivity index (χ0) is 19.5. The minimum Gasteiger partial charge on any atom is -0.376 e. The summed E-state index contributed by atoms with van der Waals surface area (Å²) in [6, 6.07) is 8.42. The van der Waals surface area contributed by atoms with Gasteiger partial charge in [-0.2, -0.15) is 0 Å². The van der Waals surface area contributed by atoms with Crippen molar-refractivity contribution in [2.45, 2.75) is 45.4 Å². The lowest BCUT2D eigenvalue weighted by molar-refractivity contribution is -0.937. The van der Waals surface area contributed by atoms with Gasteiger partial charge in [0.05, 0.1) is 38.8 Å². The number of hydrogen-bond acceptors (Lipinski definition) is 5. The fourth-order valence-corrected chi connectivity index (χ4v) is 4.72. The van der Waals surface area contributed by atoms with Crippen LogP contribution in [-0.2, 0) is 11.3 Å². The standard InChI is InChI=1S/C20H29ClN6O/c1-15(2)19(20-22-23-24-27(20)14-18-7-4-12-28-18)26-10-8-25(9-11-26)17-6-3-5-16(21)13-17/h3,5-6,13,15,18-19H,4,7-12,14H2,1-2H3/p+1/t18-,19-/m1/s1. The monoisotopic (exact) mass is 405 g/mol. The first-order valence-electron chi connectivity index (χ1n) is 10.3. The van der Waals surface area contributed by atoms with E-state index in [4.69, 9.17) is 16.3 Å². The number of hydrogen-bond donors (Lipinski definition) is 1. The van der Waals surface area contributed by atoms with E-state index in [0.717, 1.165) is 63.0 Å². The van der Waals surface area contributed by atoms with E-state index in [2.05, 4.69) is 46.4 Å². The van der Waals surface area contributed by atoms with Crippen molar-refractivity contribution in [3.63, 3.8) is 0 Å². The van der Waals surface area contributed by atoms with Crippen LogP contribution in [0.1, 0.15) is 38.6 Å². The second-order valence-electron chi connectivity index (χ2n) is 8.20. The normalized spacial score (nSPS) is 22.1. The Kier molecular flexibility index (Phi) is 6.13. The Bertz CT molecular complexity index is 768. The molecular weight excluding hydrogens is 376 g/mol. The predicted molar refractivity (Wildman–Crippen MR) is 109 cm³/mol. The van der Waals surface area contributed by atoms with Gasteiger partial charge in [0.1, 0.15) is 0 Å². The highest BCUT2D eigenvalue weighted by molar-refractivity contribution is 6.30. The van der Waals surface area contributed by atoms with Crippen LogP contribution in [0.5, 0.6) is 0 Å². The number of rotatable bonds is 6. The van der Waals surface area contributed by atoms with Gasteiger partial charge in [0, 0.05) is 23.2 Å². The molecule has 0 saturated carbocycles. The molecule has 28 heavy (non-hydrogen) atoms. The predicted octanol–water partition coefficient (Wildman–Crippen LogP) is 1.61. The molecule has 0 spiro atoms. The number of halogens is 1. The SMILES string of the molecule is CC(C)[C@H](c1nnnn1C[C@H]1CCCO1)[NH+]1CCN(c2cccc(Cl)c2)CC1. The van der Waals surface area contributed by atoms with Crippen molar-refractivity contribution in [2.24, 2.45) is 5.92 Å². The minimum atomic E-state index is 0.240. The zero-order valence-corrected chi connectivity index (χ0v) is 17.5. The number of aromatic nitrogens is 4. The fourth-order valence-electron chi connectivity index (χ4n) is 4.53. The van der Waals surface area contributed by atoms with Gasteiger partial charge in [0.2, 0.25) is 5.82 Å². The third-order valence-corrected chi connectivity index (χ3v) is 6.16. The largest absolute Gasteiger partial charge is 0.376 e. The van der Waals surface area contributed by atoms with Crippen LogP contribution in [0.3, 0.4) is 0 Å². The van der Waals surface area contributed by atoms with E-state index in [1.165, 1.54) is 5.69 Å². The van der Waals surface area contributed by atoms with Gasteiger partial charge >= 0.3 is 0 Å². The molecule has 0 amide bonds. The Labute approximate surface area is 171 Å². The first-order valence-corrected chi connectivity index (χ1v) is 10.7. The van der Waals surface area contributed by atoms with Crippen LogP contribution in [0.2, 0.25) is 5.02 Å². The molecule has 2 aliphatic heterocycles. The lowest BCUT2D eigenvalue weighted by atomic mass is 10.0. The molecule has 1 N–H and O–H groups in total. The lowest BCUT2D eigenvalue weighted by Gasteiger charge is -2.38. The summed E-state index contributed by atoms with van der Waals surface area (Å²) in [6.07, 6.45) is 2.47. The Balaban J connectivity index is 1.45. The third-order valence-electron chi connectivity index (χ3n) is 5.92. The van der Waals surface area contributed by atoms with Gasteiger partial charge in [-0.15, -0.1) is 5.10 Å². The maximum absolute atomic E-state index is 6.17. The molecule has 4 rings (SSSR count). The van der Waals surface area contributed by atoms with Gasteiger partial charge in [-0.3, -0.25) is 0 Å². The van der Waals surface area contributed by atoms with Crippen molar-refractivity contribution in [3.05, 3.63) is 35.1 Å². The van der Waals surface area contributed by atoms with Gasteiger partial charge in [0.25, 0.3) is 0 Å². The number of ether oxygens (including phenoxy) is 1. The topological polar surface area (TPSA) is 60.5 Å². The first-order chi connectivity index (χ1) is 13.6. The number of nitrogens with one attached hydrogen (secondary N) is 1. The number of tetrazole rings is 1. The summed E-state index contributed by atoms with van der Waals surface area (Å²) in [5.74, 6) is 1.46. The lowest BCUT2D eigenvalue weighted by Crippen LogP contribution is -3.15. The molecule has 0 bridgehead atoms. The first kappa shape index (κ1) is 19.6. The van der Waals surface area contributed by atoms with Gasteiger partial charge in [-0.05, 0) is 41.5 Å². The van der Waals surface area contributed by atoms with E-state index in [-0.39, 0.29) is 12.1 Å². The molecule has 152 valence electrons. The number of nitrogens with zero attached hydrogens (tertiary/aromatic N) is 5. The van der Waals surface area contributed by atoms with Crippen LogP contribution in [0.4, 0.5) is 5.69 Å². The second-order valence-corrected chi connectivity index (χ2v) is 8.64. The number of benzene rings is 1. The number of piperazine rings is 1. The van der Waals surface area contributed by atoms with Crippen molar-refractivity contribution < 1.29 is 9.64 Å². The van der Waals surface area contributed by atoms with Crippen LogP contribution in [0.15, 0.2) is 24.3 Å². The molecule has 0 radical (unpaired) electrons. The molecule has 2 saturated heterocycles. The average Bonchev–Trinajstić information content (AvgIpc) is 3.35. The Morgan fingerprint density at radius 1 is 1.29 bits per heavy atom. The van der Waals surface area contributed by atoms with E-state index in [1.807, 2.05) is 16.8 Å². The molecule has 7 nitrogen and oxygen atoms in total. The van der Waals surface area contributed by atoms with Crippen molar-refractivity contribution in [2.75, 3.05) is 37.7 Å². The quantitative estimate of drug-likeness (QED) is 0.791. The molecule has 2 aliphatic rings. The summed E-state index contributed by atoms with van der Waals surface area (Å²) in [5, 5.41) is 13.5. The van der Waals surface area contributed by atoms with E-state index in [1.54, 1.807) is 4.90 Å². The summed E-state index contributed by atoms with van der Waals surface area (Å²) in [4.78, 5) is 3.97. The average molecular weight is 406 g/mol. The van der Waals surface area contributed by atoms with Crippen LogP contribution in [0.25, 0.3) is 0 Å². The van der Waals surface area contributed by atoms with Crippen molar-refractivity contribution >= 4 is 17.3 Å². The Morgan fingerprint density at radius 3 is 2.79 bits per heavy atom. The van der Waals surface area contributed by atoms with Crippen molar-refractivity contribution in [3.8, 4) is 0 Å². The highest BCUT2D eigenvalue weighted by Gasteiger charge is 2.35. The maximum Gasteiger partial charge on any atom is 0.209 e. The van der Waals surface area contributed by atoms with Crippen LogP contribution in [0, 0.1) is 5.92 Å². The summed E-state index contributed by atoms with van der Waals surface area (Å²) in [7, 11) is 0. The smallest absolute Gasteiger partial charge is 0.209 e. The van der Waals surface area contributed by atoms with Crippen LogP contribution < -0.4 is 9.80 Å². The summed E-state index contributed by atoms with van der Waals surface area (Å²) in [5.41, 5.74) is 1.20. The highest BCUT2D eigenvalue weighted by Crippen LogP contribution is 2.22. The van der Waals surface area contributed by atoms with E-state index in [0.29, 0.717) is 5.92 Å². The molecule has 0 aliphatic carbocycles. The van der Waals surface area contributed by atoms with Crippen molar-refractivity contribution in [1.82, 2.24) is 20.2 Å². The van der Waals surface area contributed by atoms with Crippen LogP contribution in [-0.4, -0.2) is 59.1 Å². The molecule has 2 atom stereocenters. The Morgan fingerprint density at radius 2 is 2.11 bits per heavy atom. The molecule has 1 aromatic heterocycles. The molecular formula is C20H30ClN6O+. The number of quaternary nitrogens is 1. The highest BCUT2D eigenvalue weighted by atomic mass is 35.5.